The van der Waals surface area contributed by atoms with Gasteiger partial charge in [0.05, 0.1) is 27.1 Å². The topological polar surface area (TPSA) is 21.4 Å². The largest absolute Gasteiger partial charge is 0.456 e. The third-order valence-corrected chi connectivity index (χ3v) is 8.56. The molecule has 5 rings (SSSR count). The Morgan fingerprint density at radius 1 is 0.912 bits per heavy atom. The molecule has 2 heterocycles. The van der Waals surface area contributed by atoms with Crippen LogP contribution in [0, 0.1) is 20.4 Å². The lowest BCUT2D eigenvalue weighted by atomic mass is 9.98. The third kappa shape index (κ3) is 3.45. The number of aryl methyl sites for hydroxylation is 2. The Morgan fingerprint density at radius 2 is 1.56 bits per heavy atom. The number of furan rings is 1. The van der Waals surface area contributed by atoms with Gasteiger partial charge in [-0.25, -0.2) is 4.85 Å². The fourth-order valence-electron chi connectivity index (χ4n) is 4.49. The highest BCUT2D eigenvalue weighted by atomic mass is 28.3. The van der Waals surface area contributed by atoms with E-state index in [1.165, 1.54) is 5.19 Å². The molecule has 0 fully saturated rings. The Balaban J connectivity index is 1.96. The van der Waals surface area contributed by atoms with Crippen molar-refractivity contribution in [1.29, 1.82) is 0 Å². The van der Waals surface area contributed by atoms with Gasteiger partial charge in [-0.15, -0.1) is 0 Å². The van der Waals surface area contributed by atoms with Crippen LogP contribution in [0.2, 0.25) is 19.6 Å². The van der Waals surface area contributed by atoms with Gasteiger partial charge in [0, 0.05) is 35.4 Å². The van der Waals surface area contributed by atoms with E-state index in [1.807, 2.05) is 26.1 Å². The maximum absolute atomic E-state index is 8.58. The average molecular weight is 467 g/mol. The quantitative estimate of drug-likeness (QED) is 0.154. The number of nitrogens with zero attached hydrogens (tertiary/aromatic N) is 2. The van der Waals surface area contributed by atoms with Crippen LogP contribution in [0.4, 0.5) is 5.69 Å². The number of aromatic nitrogens is 1. The van der Waals surface area contributed by atoms with Gasteiger partial charge in [-0.1, -0.05) is 74.1 Å². The SMILES string of the molecule is [2H]c1c([2H])c([2H])c(-c2c([N+]#[C-])ccc3c2oc2c(-c4cc([Si](C)(C)C)cc(C)[n+]4C)c(C)ccc23)c([2H])c1[2H]. The van der Waals surface area contributed by atoms with E-state index in [-0.39, 0.29) is 28.9 Å². The third-order valence-electron chi connectivity index (χ3n) is 6.54. The Kier molecular flexibility index (Phi) is 3.95. The molecule has 0 radical (unpaired) electrons. The van der Waals surface area contributed by atoms with Gasteiger partial charge in [0.15, 0.2) is 11.4 Å². The standard InChI is InChI=1S/C30H29N2OSi/c1-19-13-14-23-24-15-16-25(31-3)28(21-11-9-8-10-12-21)30(24)33-29(23)27(19)26-18-22(34(5,6)7)17-20(2)32(26)4/h8-18H,1-2,4-7H3/q+1/i8D,9D,10D,11D,12D. The summed E-state index contributed by atoms with van der Waals surface area (Å²) >= 11 is 0. The molecule has 0 aliphatic heterocycles. The summed E-state index contributed by atoms with van der Waals surface area (Å²) in [4.78, 5) is 3.65. The molecule has 3 nitrogen and oxygen atoms in total. The van der Waals surface area contributed by atoms with Crippen molar-refractivity contribution in [2.24, 2.45) is 7.05 Å². The van der Waals surface area contributed by atoms with Crippen molar-refractivity contribution in [3.63, 3.8) is 0 Å². The Bertz CT molecular complexity index is 1870. The summed E-state index contributed by atoms with van der Waals surface area (Å²) in [6.45, 7) is 18.9. The average Bonchev–Trinajstić information content (AvgIpc) is 3.26. The molecular formula is C30H29N2OSi+. The zero-order valence-electron chi connectivity index (χ0n) is 25.3. The summed E-state index contributed by atoms with van der Waals surface area (Å²) in [5.41, 5.74) is 5.45. The van der Waals surface area contributed by atoms with Crippen LogP contribution >= 0.6 is 0 Å². The lowest BCUT2D eigenvalue weighted by molar-refractivity contribution is -0.666. The van der Waals surface area contributed by atoms with Crippen LogP contribution < -0.4 is 9.75 Å². The Hall–Kier alpha value is -3.68. The summed E-state index contributed by atoms with van der Waals surface area (Å²) in [6, 6.07) is 9.89. The molecule has 168 valence electrons. The second-order valence-corrected chi connectivity index (χ2v) is 14.8. The van der Waals surface area contributed by atoms with Gasteiger partial charge in [0.25, 0.3) is 0 Å². The van der Waals surface area contributed by atoms with Gasteiger partial charge in [-0.3, -0.25) is 0 Å². The number of pyridine rings is 1. The minimum Gasteiger partial charge on any atom is -0.456 e. The van der Waals surface area contributed by atoms with E-state index in [0.717, 1.165) is 33.3 Å². The number of hydrogen-bond donors (Lipinski definition) is 0. The van der Waals surface area contributed by atoms with Gasteiger partial charge >= 0.3 is 0 Å². The molecule has 4 heteroatoms. The second kappa shape index (κ2) is 7.97. The normalized spacial score (nSPS) is 13.9. The molecule has 0 amide bonds. The number of hydrogen-bond acceptors (Lipinski definition) is 1. The summed E-state index contributed by atoms with van der Waals surface area (Å²) in [5.74, 6) is 0. The lowest BCUT2D eigenvalue weighted by Crippen LogP contribution is -2.44. The van der Waals surface area contributed by atoms with E-state index in [0.29, 0.717) is 11.2 Å². The van der Waals surface area contributed by atoms with Crippen molar-refractivity contribution in [3.8, 4) is 22.4 Å². The number of fused-ring (bicyclic) bond motifs is 3. The second-order valence-electron chi connectivity index (χ2n) is 9.76. The summed E-state index contributed by atoms with van der Waals surface area (Å²) in [7, 11) is 0.405. The van der Waals surface area contributed by atoms with Crippen LogP contribution in [0.15, 0.2) is 71.0 Å². The van der Waals surface area contributed by atoms with Gasteiger partial charge < -0.3 is 4.42 Å². The lowest BCUT2D eigenvalue weighted by Gasteiger charge is -2.18. The van der Waals surface area contributed by atoms with E-state index in [4.69, 9.17) is 17.8 Å². The molecule has 0 atom stereocenters. The number of benzene rings is 3. The van der Waals surface area contributed by atoms with E-state index in [1.54, 1.807) is 6.07 Å². The van der Waals surface area contributed by atoms with Gasteiger partial charge in [-0.05, 0) is 23.2 Å². The Morgan fingerprint density at radius 3 is 2.21 bits per heavy atom. The molecule has 0 spiro atoms. The maximum Gasteiger partial charge on any atom is 0.216 e. The first kappa shape index (κ1) is 16.9. The molecule has 34 heavy (non-hydrogen) atoms. The molecule has 5 aromatic rings. The molecular weight excluding hydrogens is 432 g/mol. The fourth-order valence-corrected chi connectivity index (χ4v) is 5.70. The fraction of sp³-hybridized carbons (Fsp3) is 0.200. The van der Waals surface area contributed by atoms with Crippen LogP contribution in [0.3, 0.4) is 0 Å². The zero-order chi connectivity index (χ0) is 28.5. The molecule has 3 aromatic carbocycles. The van der Waals surface area contributed by atoms with Crippen molar-refractivity contribution in [2.45, 2.75) is 33.5 Å². The first-order valence-corrected chi connectivity index (χ1v) is 14.7. The van der Waals surface area contributed by atoms with E-state index in [2.05, 4.69) is 54.2 Å². The van der Waals surface area contributed by atoms with Crippen LogP contribution in [-0.2, 0) is 7.05 Å². The highest BCUT2D eigenvalue weighted by Crippen LogP contribution is 2.44. The number of rotatable bonds is 3. The monoisotopic (exact) mass is 466 g/mol. The molecule has 0 aliphatic rings. The Labute approximate surface area is 209 Å². The molecule has 0 unspecified atom stereocenters. The van der Waals surface area contributed by atoms with Gasteiger partial charge in [0.2, 0.25) is 5.69 Å². The maximum atomic E-state index is 8.58. The van der Waals surface area contributed by atoms with Crippen molar-refractivity contribution in [2.75, 3.05) is 0 Å². The first-order valence-electron chi connectivity index (χ1n) is 13.7. The predicted octanol–water partition coefficient (Wildman–Crippen LogP) is 7.46. The van der Waals surface area contributed by atoms with Gasteiger partial charge in [-0.2, -0.15) is 4.57 Å². The molecule has 0 saturated heterocycles. The van der Waals surface area contributed by atoms with E-state index < -0.39 is 26.2 Å². The minimum atomic E-state index is -1.63. The van der Waals surface area contributed by atoms with E-state index in [9.17, 15) is 0 Å². The first-order chi connectivity index (χ1) is 18.3. The zero-order valence-corrected chi connectivity index (χ0v) is 21.3. The highest BCUT2D eigenvalue weighted by molar-refractivity contribution is 6.88. The van der Waals surface area contributed by atoms with Crippen LogP contribution in [0.5, 0.6) is 0 Å². The molecule has 0 bridgehead atoms. The summed E-state index contributed by atoms with van der Waals surface area (Å²) in [6.07, 6.45) is 0. The van der Waals surface area contributed by atoms with Crippen LogP contribution in [0.25, 0.3) is 49.2 Å². The summed E-state index contributed by atoms with van der Waals surface area (Å²) < 4.78 is 50.3. The van der Waals surface area contributed by atoms with Gasteiger partial charge in [0.1, 0.15) is 18.2 Å². The highest BCUT2D eigenvalue weighted by Gasteiger charge is 2.27. The van der Waals surface area contributed by atoms with E-state index >= 15 is 0 Å². The van der Waals surface area contributed by atoms with Crippen LogP contribution in [0.1, 0.15) is 18.1 Å². The predicted molar refractivity (Wildman–Crippen MR) is 144 cm³/mol. The van der Waals surface area contributed by atoms with Crippen molar-refractivity contribution in [1.82, 2.24) is 0 Å². The van der Waals surface area contributed by atoms with Crippen molar-refractivity contribution in [3.05, 3.63) is 89.3 Å². The van der Waals surface area contributed by atoms with Crippen LogP contribution in [-0.4, -0.2) is 8.07 Å². The van der Waals surface area contributed by atoms with Crippen molar-refractivity contribution < 1.29 is 15.8 Å². The molecule has 0 saturated carbocycles. The minimum absolute atomic E-state index is 0.0305. The van der Waals surface area contributed by atoms with Crippen molar-refractivity contribution >= 4 is 40.9 Å². The molecule has 0 N–H and O–H groups in total. The smallest absolute Gasteiger partial charge is 0.216 e. The molecule has 0 aliphatic carbocycles. The summed E-state index contributed by atoms with van der Waals surface area (Å²) in [5, 5.41) is 2.89. The molecule has 2 aromatic heterocycles.